The molecule has 158 valence electrons. The second kappa shape index (κ2) is 8.14. The molecule has 0 spiro atoms. The molecule has 4 rings (SSSR count). The van der Waals surface area contributed by atoms with Crippen LogP contribution in [0.2, 0.25) is 0 Å². The second-order valence-corrected chi connectivity index (χ2v) is 7.02. The number of nitrogens with one attached hydrogen (secondary N) is 1. The molecule has 1 N–H and O–H groups in total. The average Bonchev–Trinajstić information content (AvgIpc) is 3.23. The summed E-state index contributed by atoms with van der Waals surface area (Å²) in [5, 5.41) is 0.739. The molecule has 1 aliphatic rings. The quantitative estimate of drug-likeness (QED) is 0.695. The number of carbonyl (C=O) groups excluding carboxylic acids is 1. The lowest BCUT2D eigenvalue weighted by Crippen LogP contribution is -2.49. The summed E-state index contributed by atoms with van der Waals surface area (Å²) in [6.45, 7) is 2.13. The number of rotatable bonds is 5. The smallest absolute Gasteiger partial charge is 0.270 e. The Balaban J connectivity index is 1.58. The van der Waals surface area contributed by atoms with Crippen molar-refractivity contribution in [3.8, 4) is 17.2 Å². The number of fused-ring (bicyclic) bond motifs is 1. The summed E-state index contributed by atoms with van der Waals surface area (Å²) in [6, 6.07) is 10.2. The van der Waals surface area contributed by atoms with Crippen molar-refractivity contribution in [1.82, 2.24) is 9.88 Å². The zero-order chi connectivity index (χ0) is 21.3. The van der Waals surface area contributed by atoms with Crippen LogP contribution in [-0.4, -0.2) is 63.3 Å². The van der Waals surface area contributed by atoms with Crippen LogP contribution in [-0.2, 0) is 0 Å². The standard InChI is InChI=1S/C22H24FN3O4/c1-28-18-13-19(29-2)21(30-3)20-14(18)12-16(24-20)22(27)26-10-8-25(9-11-26)17-7-5-4-6-15(17)23/h4-7,12-13,24H,8-11H2,1-3H3. The third-order valence-corrected chi connectivity index (χ3v) is 5.43. The number of carbonyl (C=O) groups is 1. The largest absolute Gasteiger partial charge is 0.496 e. The van der Waals surface area contributed by atoms with Gasteiger partial charge >= 0.3 is 0 Å². The Morgan fingerprint density at radius 3 is 2.30 bits per heavy atom. The molecule has 0 radical (unpaired) electrons. The Bertz CT molecular complexity index is 1070. The van der Waals surface area contributed by atoms with Gasteiger partial charge in [-0.15, -0.1) is 0 Å². The molecule has 1 fully saturated rings. The fourth-order valence-electron chi connectivity index (χ4n) is 3.88. The lowest BCUT2D eigenvalue weighted by atomic mass is 10.2. The van der Waals surface area contributed by atoms with E-state index in [0.29, 0.717) is 60.3 Å². The molecule has 1 aliphatic heterocycles. The molecular formula is C22H24FN3O4. The fourth-order valence-corrected chi connectivity index (χ4v) is 3.88. The highest BCUT2D eigenvalue weighted by molar-refractivity contribution is 6.02. The number of ether oxygens (including phenoxy) is 3. The van der Waals surface area contributed by atoms with E-state index in [1.165, 1.54) is 6.07 Å². The van der Waals surface area contributed by atoms with E-state index >= 15 is 0 Å². The van der Waals surface area contributed by atoms with Crippen LogP contribution in [0.15, 0.2) is 36.4 Å². The lowest BCUT2D eigenvalue weighted by molar-refractivity contribution is 0.0741. The zero-order valence-corrected chi connectivity index (χ0v) is 17.2. The van der Waals surface area contributed by atoms with Crippen LogP contribution >= 0.6 is 0 Å². The summed E-state index contributed by atoms with van der Waals surface area (Å²) in [6.07, 6.45) is 0. The normalized spacial score (nSPS) is 14.1. The molecule has 2 aromatic carbocycles. The Kier molecular flexibility index (Phi) is 5.39. The fraction of sp³-hybridized carbons (Fsp3) is 0.318. The Labute approximate surface area is 173 Å². The molecule has 1 amide bonds. The minimum absolute atomic E-state index is 0.123. The predicted octanol–water partition coefficient (Wildman–Crippen LogP) is 3.30. The van der Waals surface area contributed by atoms with E-state index in [1.807, 2.05) is 11.0 Å². The maximum absolute atomic E-state index is 14.1. The molecule has 30 heavy (non-hydrogen) atoms. The number of amides is 1. The second-order valence-electron chi connectivity index (χ2n) is 7.02. The summed E-state index contributed by atoms with van der Waals surface area (Å²) in [5.41, 5.74) is 1.65. The summed E-state index contributed by atoms with van der Waals surface area (Å²) >= 11 is 0. The minimum atomic E-state index is -0.249. The molecule has 7 nitrogen and oxygen atoms in total. The molecule has 2 heterocycles. The molecule has 1 aromatic heterocycles. The van der Waals surface area contributed by atoms with Crippen molar-refractivity contribution in [2.75, 3.05) is 52.4 Å². The number of methoxy groups -OCH3 is 3. The van der Waals surface area contributed by atoms with Crippen molar-refractivity contribution in [2.45, 2.75) is 0 Å². The number of hydrogen-bond acceptors (Lipinski definition) is 5. The van der Waals surface area contributed by atoms with Gasteiger partial charge in [-0.05, 0) is 18.2 Å². The van der Waals surface area contributed by atoms with Crippen LogP contribution < -0.4 is 19.1 Å². The highest BCUT2D eigenvalue weighted by Gasteiger charge is 2.26. The molecule has 0 aliphatic carbocycles. The first-order valence-electron chi connectivity index (χ1n) is 9.67. The van der Waals surface area contributed by atoms with Crippen molar-refractivity contribution in [2.24, 2.45) is 0 Å². The molecule has 0 atom stereocenters. The number of hydrogen-bond donors (Lipinski definition) is 1. The number of anilines is 1. The van der Waals surface area contributed by atoms with E-state index < -0.39 is 0 Å². The van der Waals surface area contributed by atoms with Gasteiger partial charge in [0.25, 0.3) is 5.91 Å². The first-order chi connectivity index (χ1) is 14.6. The summed E-state index contributed by atoms with van der Waals surface area (Å²) in [5.74, 6) is 1.24. The number of para-hydroxylation sites is 1. The number of aromatic nitrogens is 1. The molecule has 0 bridgehead atoms. The van der Waals surface area contributed by atoms with Gasteiger partial charge in [0.15, 0.2) is 11.5 Å². The maximum Gasteiger partial charge on any atom is 0.270 e. The van der Waals surface area contributed by atoms with Crippen LogP contribution in [0.4, 0.5) is 10.1 Å². The number of nitrogens with zero attached hydrogens (tertiary/aromatic N) is 2. The van der Waals surface area contributed by atoms with Gasteiger partial charge in [-0.25, -0.2) is 4.39 Å². The number of benzene rings is 2. The van der Waals surface area contributed by atoms with Crippen molar-refractivity contribution < 1.29 is 23.4 Å². The maximum atomic E-state index is 14.1. The van der Waals surface area contributed by atoms with Crippen LogP contribution in [0, 0.1) is 5.82 Å². The summed E-state index contributed by atoms with van der Waals surface area (Å²) in [4.78, 5) is 20.0. The van der Waals surface area contributed by atoms with Gasteiger partial charge in [0.1, 0.15) is 17.3 Å². The zero-order valence-electron chi connectivity index (χ0n) is 17.2. The van der Waals surface area contributed by atoms with Gasteiger partial charge in [0.05, 0.1) is 32.5 Å². The number of H-pyrrole nitrogens is 1. The van der Waals surface area contributed by atoms with E-state index in [4.69, 9.17) is 14.2 Å². The van der Waals surface area contributed by atoms with Crippen LogP contribution in [0.5, 0.6) is 17.2 Å². The molecular weight excluding hydrogens is 389 g/mol. The predicted molar refractivity (Wildman–Crippen MR) is 112 cm³/mol. The van der Waals surface area contributed by atoms with Crippen molar-refractivity contribution >= 4 is 22.5 Å². The Hall–Kier alpha value is -3.42. The van der Waals surface area contributed by atoms with Crippen LogP contribution in [0.3, 0.4) is 0 Å². The Morgan fingerprint density at radius 1 is 0.967 bits per heavy atom. The van der Waals surface area contributed by atoms with E-state index in [-0.39, 0.29) is 11.7 Å². The van der Waals surface area contributed by atoms with E-state index in [9.17, 15) is 9.18 Å². The SMILES string of the molecule is COc1cc(OC)c2cc(C(=O)N3CCN(c4ccccc4F)CC3)[nH]c2c1OC. The molecule has 0 unspecified atom stereocenters. The summed E-state index contributed by atoms with van der Waals surface area (Å²) in [7, 11) is 4.67. The Morgan fingerprint density at radius 2 is 1.67 bits per heavy atom. The topological polar surface area (TPSA) is 67.0 Å². The molecule has 1 saturated heterocycles. The number of piperazine rings is 1. The molecule has 8 heteroatoms. The molecule has 3 aromatic rings. The highest BCUT2D eigenvalue weighted by Crippen LogP contribution is 2.41. The van der Waals surface area contributed by atoms with Gasteiger partial charge in [-0.1, -0.05) is 12.1 Å². The lowest BCUT2D eigenvalue weighted by Gasteiger charge is -2.36. The van der Waals surface area contributed by atoms with Crippen LogP contribution in [0.25, 0.3) is 10.9 Å². The number of aromatic amines is 1. The third-order valence-electron chi connectivity index (χ3n) is 5.43. The first-order valence-corrected chi connectivity index (χ1v) is 9.67. The van der Waals surface area contributed by atoms with E-state index in [2.05, 4.69) is 4.98 Å². The number of halogens is 1. The van der Waals surface area contributed by atoms with Crippen molar-refractivity contribution in [3.05, 3.63) is 47.9 Å². The van der Waals surface area contributed by atoms with Gasteiger partial charge in [0.2, 0.25) is 0 Å². The van der Waals surface area contributed by atoms with Gasteiger partial charge in [-0.3, -0.25) is 4.79 Å². The van der Waals surface area contributed by atoms with Gasteiger partial charge < -0.3 is 29.0 Å². The van der Waals surface area contributed by atoms with E-state index in [1.54, 1.807) is 50.5 Å². The third kappa shape index (κ3) is 3.38. The first kappa shape index (κ1) is 19.9. The minimum Gasteiger partial charge on any atom is -0.496 e. The van der Waals surface area contributed by atoms with Crippen LogP contribution in [0.1, 0.15) is 10.5 Å². The van der Waals surface area contributed by atoms with Crippen molar-refractivity contribution in [3.63, 3.8) is 0 Å². The monoisotopic (exact) mass is 413 g/mol. The molecule has 0 saturated carbocycles. The van der Waals surface area contributed by atoms with Gasteiger partial charge in [0, 0.05) is 37.6 Å². The summed E-state index contributed by atoms with van der Waals surface area (Å²) < 4.78 is 30.4. The van der Waals surface area contributed by atoms with Crippen molar-refractivity contribution in [1.29, 1.82) is 0 Å². The van der Waals surface area contributed by atoms with E-state index in [0.717, 1.165) is 5.39 Å². The van der Waals surface area contributed by atoms with Gasteiger partial charge in [-0.2, -0.15) is 0 Å². The highest BCUT2D eigenvalue weighted by atomic mass is 19.1. The average molecular weight is 413 g/mol.